The first-order valence-corrected chi connectivity index (χ1v) is 23.7. The monoisotopic (exact) mass is 893 g/mol. The van der Waals surface area contributed by atoms with Crippen molar-refractivity contribution in [2.75, 3.05) is 4.90 Å². The van der Waals surface area contributed by atoms with Crippen LogP contribution in [0.25, 0.3) is 78.2 Å². The van der Waals surface area contributed by atoms with E-state index in [1.807, 2.05) is 60.7 Å². The summed E-state index contributed by atoms with van der Waals surface area (Å²) in [6.45, 7) is 0. The van der Waals surface area contributed by atoms with Gasteiger partial charge in [-0.15, -0.1) is 0 Å². The van der Waals surface area contributed by atoms with Gasteiger partial charge in [-0.1, -0.05) is 200 Å². The summed E-state index contributed by atoms with van der Waals surface area (Å²) in [5.74, 6) is 0. The Labute approximate surface area is 406 Å². The second-order valence-corrected chi connectivity index (χ2v) is 17.7. The van der Waals surface area contributed by atoms with Crippen LogP contribution >= 0.6 is 0 Å². The van der Waals surface area contributed by atoms with Crippen molar-refractivity contribution in [1.29, 1.82) is 0 Å². The zero-order valence-corrected chi connectivity index (χ0v) is 38.1. The molecule has 12 aromatic rings. The molecule has 10 aromatic carbocycles. The minimum absolute atomic E-state index is 0.587. The first-order valence-electron chi connectivity index (χ1n) is 23.7. The molecule has 0 saturated heterocycles. The van der Waals surface area contributed by atoms with Crippen LogP contribution in [0.5, 0.6) is 0 Å². The number of para-hydroxylation sites is 4. The lowest BCUT2D eigenvalue weighted by atomic mass is 9.67. The zero-order chi connectivity index (χ0) is 46.4. The van der Waals surface area contributed by atoms with Gasteiger partial charge in [0.1, 0.15) is 0 Å². The molecule has 0 amide bonds. The Kier molecular flexibility index (Phi) is 9.98. The number of benzene rings is 10. The number of aromatic nitrogens is 4. The molecule has 1 aliphatic rings. The van der Waals surface area contributed by atoms with Crippen LogP contribution in [0.1, 0.15) is 22.3 Å². The summed E-state index contributed by atoms with van der Waals surface area (Å²) in [7, 11) is 0. The summed E-state index contributed by atoms with van der Waals surface area (Å²) in [6, 6.07) is 92.3. The Morgan fingerprint density at radius 2 is 0.614 bits per heavy atom. The molecule has 0 bridgehead atoms. The predicted octanol–water partition coefficient (Wildman–Crippen LogP) is 16.1. The van der Waals surface area contributed by atoms with Gasteiger partial charge in [-0.3, -0.25) is 0 Å². The van der Waals surface area contributed by atoms with E-state index >= 15 is 0 Å². The average Bonchev–Trinajstić information content (AvgIpc) is 3.74. The quantitative estimate of drug-likeness (QED) is 0.144. The van der Waals surface area contributed by atoms with E-state index in [9.17, 15) is 0 Å². The number of rotatable bonds is 9. The molecule has 0 fully saturated rings. The third-order valence-corrected chi connectivity index (χ3v) is 13.7. The number of fused-ring (bicyclic) bond motifs is 5. The van der Waals surface area contributed by atoms with Gasteiger partial charge >= 0.3 is 0 Å². The fourth-order valence-corrected chi connectivity index (χ4v) is 10.6. The van der Waals surface area contributed by atoms with E-state index in [4.69, 9.17) is 19.9 Å². The predicted molar refractivity (Wildman–Crippen MR) is 286 cm³/mol. The van der Waals surface area contributed by atoms with Gasteiger partial charge in [-0.05, 0) is 94.0 Å². The molecule has 0 aliphatic heterocycles. The third-order valence-electron chi connectivity index (χ3n) is 13.7. The van der Waals surface area contributed by atoms with Gasteiger partial charge in [0.15, 0.2) is 0 Å². The van der Waals surface area contributed by atoms with Gasteiger partial charge < -0.3 is 4.90 Å². The second kappa shape index (κ2) is 17.1. The lowest BCUT2D eigenvalue weighted by Crippen LogP contribution is -2.28. The molecule has 2 heterocycles. The van der Waals surface area contributed by atoms with E-state index in [-0.39, 0.29) is 0 Å². The van der Waals surface area contributed by atoms with Crippen LogP contribution in [-0.4, -0.2) is 19.9 Å². The standard InChI is InChI=1S/C65H43N5/c1-5-21-44(22-6-1)61-63(68-59-37-17-15-35-57(59)66-61)46-25-19-31-50(41-46)70(51-32-20-26-47(42-51)64-62(45-23-7-2-8-24-45)67-58-36-16-18-38-60(58)69-64)52-39-40-54-53-33-13-14-34-55(53)65(56(54)43-52,48-27-9-3-10-28-48)49-29-11-4-12-30-49/h1-43H. The van der Waals surface area contributed by atoms with Gasteiger partial charge in [0.25, 0.3) is 0 Å². The van der Waals surface area contributed by atoms with Gasteiger partial charge in [0.2, 0.25) is 0 Å². The summed E-state index contributed by atoms with van der Waals surface area (Å²) in [6.07, 6.45) is 0. The smallest absolute Gasteiger partial charge is 0.0973 e. The van der Waals surface area contributed by atoms with E-state index in [0.717, 1.165) is 84.2 Å². The van der Waals surface area contributed by atoms with Crippen molar-refractivity contribution in [2.45, 2.75) is 5.41 Å². The first-order chi connectivity index (χ1) is 34.7. The van der Waals surface area contributed by atoms with Crippen LogP contribution in [0.4, 0.5) is 17.1 Å². The van der Waals surface area contributed by atoms with Crippen molar-refractivity contribution >= 4 is 39.1 Å². The van der Waals surface area contributed by atoms with Gasteiger partial charge in [0, 0.05) is 39.3 Å². The van der Waals surface area contributed by atoms with E-state index in [1.165, 1.54) is 33.4 Å². The highest BCUT2D eigenvalue weighted by Gasteiger charge is 2.46. The van der Waals surface area contributed by atoms with Crippen LogP contribution in [0.2, 0.25) is 0 Å². The van der Waals surface area contributed by atoms with Crippen molar-refractivity contribution in [1.82, 2.24) is 19.9 Å². The summed E-state index contributed by atoms with van der Waals surface area (Å²) >= 11 is 0. The van der Waals surface area contributed by atoms with Crippen molar-refractivity contribution in [3.05, 3.63) is 283 Å². The second-order valence-electron chi connectivity index (χ2n) is 17.7. The molecular formula is C65H43N5. The highest BCUT2D eigenvalue weighted by molar-refractivity contribution is 5.93. The number of anilines is 3. The van der Waals surface area contributed by atoms with Crippen LogP contribution in [-0.2, 0) is 5.41 Å². The highest BCUT2D eigenvalue weighted by Crippen LogP contribution is 2.57. The Balaban J connectivity index is 1.06. The average molecular weight is 894 g/mol. The fourth-order valence-electron chi connectivity index (χ4n) is 10.6. The molecule has 0 atom stereocenters. The Morgan fingerprint density at radius 1 is 0.257 bits per heavy atom. The topological polar surface area (TPSA) is 54.8 Å². The highest BCUT2D eigenvalue weighted by atomic mass is 15.1. The number of hydrogen-bond donors (Lipinski definition) is 0. The fraction of sp³-hybridized carbons (Fsp3) is 0.0154. The summed E-state index contributed by atoms with van der Waals surface area (Å²) in [5, 5.41) is 0. The van der Waals surface area contributed by atoms with Crippen LogP contribution < -0.4 is 4.90 Å². The number of nitrogens with zero attached hydrogens (tertiary/aromatic N) is 5. The van der Waals surface area contributed by atoms with Gasteiger partial charge in [-0.25, -0.2) is 19.9 Å². The molecule has 328 valence electrons. The lowest BCUT2D eigenvalue weighted by molar-refractivity contribution is 0.768. The van der Waals surface area contributed by atoms with Crippen molar-refractivity contribution < 1.29 is 0 Å². The molecule has 1 aliphatic carbocycles. The largest absolute Gasteiger partial charge is 0.310 e. The molecular weight excluding hydrogens is 851 g/mol. The van der Waals surface area contributed by atoms with Crippen LogP contribution in [0.15, 0.2) is 261 Å². The molecule has 70 heavy (non-hydrogen) atoms. The third kappa shape index (κ3) is 6.86. The van der Waals surface area contributed by atoms with Crippen molar-refractivity contribution in [2.24, 2.45) is 0 Å². The molecule has 13 rings (SSSR count). The van der Waals surface area contributed by atoms with E-state index in [1.54, 1.807) is 0 Å². The summed E-state index contributed by atoms with van der Waals surface area (Å²) in [4.78, 5) is 23.6. The first kappa shape index (κ1) is 40.9. The molecule has 0 unspecified atom stereocenters. The Hall–Kier alpha value is -9.32. The normalized spacial score (nSPS) is 12.4. The summed E-state index contributed by atoms with van der Waals surface area (Å²) < 4.78 is 0. The van der Waals surface area contributed by atoms with E-state index in [2.05, 4.69) is 205 Å². The van der Waals surface area contributed by atoms with Crippen LogP contribution in [0, 0.1) is 0 Å². The Morgan fingerprint density at radius 3 is 1.09 bits per heavy atom. The van der Waals surface area contributed by atoms with Gasteiger partial charge in [-0.2, -0.15) is 0 Å². The molecule has 5 heteroatoms. The molecule has 2 aromatic heterocycles. The molecule has 5 nitrogen and oxygen atoms in total. The van der Waals surface area contributed by atoms with Crippen LogP contribution in [0.3, 0.4) is 0 Å². The Bertz CT molecular complexity index is 3690. The van der Waals surface area contributed by atoms with E-state index < -0.39 is 5.41 Å². The maximum atomic E-state index is 5.35. The molecule has 0 saturated carbocycles. The minimum Gasteiger partial charge on any atom is -0.310 e. The molecule has 0 spiro atoms. The zero-order valence-electron chi connectivity index (χ0n) is 38.1. The molecule has 0 N–H and O–H groups in total. The maximum Gasteiger partial charge on any atom is 0.0973 e. The minimum atomic E-state index is -0.587. The van der Waals surface area contributed by atoms with E-state index in [0.29, 0.717) is 0 Å². The van der Waals surface area contributed by atoms with Gasteiger partial charge in [0.05, 0.1) is 50.3 Å². The van der Waals surface area contributed by atoms with Crippen molar-refractivity contribution in [3.8, 4) is 56.2 Å². The van der Waals surface area contributed by atoms with Crippen molar-refractivity contribution in [3.63, 3.8) is 0 Å². The SMILES string of the molecule is c1ccc(-c2nc3ccccc3nc2-c2cccc(N(c3cccc(-c4nc5ccccc5nc4-c4ccccc4)c3)c3ccc4c(c3)C(c3ccccc3)(c3ccccc3)c3ccccc3-4)c2)cc1. The number of hydrogen-bond acceptors (Lipinski definition) is 5. The lowest BCUT2D eigenvalue weighted by Gasteiger charge is -2.35. The molecule has 0 radical (unpaired) electrons. The maximum absolute atomic E-state index is 5.35. The summed E-state index contributed by atoms with van der Waals surface area (Å²) in [5.41, 5.74) is 20.3.